The van der Waals surface area contributed by atoms with E-state index in [1.165, 1.54) is 18.2 Å². The van der Waals surface area contributed by atoms with Crippen LogP contribution in [0.5, 0.6) is 11.5 Å². The average Bonchev–Trinajstić information content (AvgIpc) is 2.52. The number of hydrogen-bond donors (Lipinski definition) is 0. The summed E-state index contributed by atoms with van der Waals surface area (Å²) < 4.78 is 11.5. The molecule has 6 nitrogen and oxygen atoms in total. The molecule has 0 amide bonds. The Morgan fingerprint density at radius 2 is 1.95 bits per heavy atom. The van der Waals surface area contributed by atoms with Crippen LogP contribution in [0.1, 0.15) is 15.9 Å². The van der Waals surface area contributed by atoms with Crippen molar-refractivity contribution in [3.05, 3.63) is 62.1 Å². The van der Waals surface area contributed by atoms with Crippen molar-refractivity contribution < 1.29 is 19.2 Å². The first kappa shape index (κ1) is 16.0. The molecule has 2 aromatic rings. The standard InChI is InChI=1S/C15H12BrNO5/c1-21-15-4-2-10(6-13(15)16)9-22-14-5-3-12(17(19)20)7-11(14)8-18/h2-8H,9H2,1H3. The highest BCUT2D eigenvalue weighted by Crippen LogP contribution is 2.27. The first-order chi connectivity index (χ1) is 10.5. The van der Waals surface area contributed by atoms with Gasteiger partial charge in [0.1, 0.15) is 18.1 Å². The molecule has 0 heterocycles. The quantitative estimate of drug-likeness (QED) is 0.442. The lowest BCUT2D eigenvalue weighted by Crippen LogP contribution is -2.00. The van der Waals surface area contributed by atoms with Crippen molar-refractivity contribution in [3.8, 4) is 11.5 Å². The molecule has 2 rings (SSSR count). The van der Waals surface area contributed by atoms with Crippen LogP contribution < -0.4 is 9.47 Å². The summed E-state index contributed by atoms with van der Waals surface area (Å²) in [5.41, 5.74) is 0.853. The average molecular weight is 366 g/mol. The highest BCUT2D eigenvalue weighted by molar-refractivity contribution is 9.10. The Kier molecular flexibility index (Phi) is 5.11. The third-order valence-electron chi connectivity index (χ3n) is 2.94. The molecule has 7 heteroatoms. The van der Waals surface area contributed by atoms with Gasteiger partial charge >= 0.3 is 0 Å². The zero-order chi connectivity index (χ0) is 16.1. The Bertz CT molecular complexity index is 717. The third-order valence-corrected chi connectivity index (χ3v) is 3.56. The monoisotopic (exact) mass is 365 g/mol. The lowest BCUT2D eigenvalue weighted by Gasteiger charge is -2.10. The molecule has 0 spiro atoms. The number of methoxy groups -OCH3 is 1. The van der Waals surface area contributed by atoms with Crippen LogP contribution in [0, 0.1) is 10.1 Å². The first-order valence-electron chi connectivity index (χ1n) is 6.24. The van der Waals surface area contributed by atoms with Crippen molar-refractivity contribution in [2.75, 3.05) is 7.11 Å². The highest BCUT2D eigenvalue weighted by Gasteiger charge is 2.11. The first-order valence-corrected chi connectivity index (χ1v) is 7.03. The maximum atomic E-state index is 11.0. The van der Waals surface area contributed by atoms with Gasteiger partial charge in [-0.1, -0.05) is 6.07 Å². The second-order valence-electron chi connectivity index (χ2n) is 4.35. The van der Waals surface area contributed by atoms with Crippen LogP contribution in [0.4, 0.5) is 5.69 Å². The van der Waals surface area contributed by atoms with Crippen molar-refractivity contribution >= 4 is 27.9 Å². The van der Waals surface area contributed by atoms with E-state index in [0.717, 1.165) is 10.0 Å². The molecule has 0 saturated heterocycles. The molecule has 2 aromatic carbocycles. The van der Waals surface area contributed by atoms with Gasteiger partial charge in [-0.3, -0.25) is 14.9 Å². The van der Waals surface area contributed by atoms with Gasteiger partial charge in [0.15, 0.2) is 6.29 Å². The lowest BCUT2D eigenvalue weighted by molar-refractivity contribution is -0.384. The molecule has 0 aliphatic heterocycles. The van der Waals surface area contributed by atoms with E-state index in [1.807, 2.05) is 12.1 Å². The second-order valence-corrected chi connectivity index (χ2v) is 5.21. The number of hydrogen-bond acceptors (Lipinski definition) is 5. The number of halogens is 1. The van der Waals surface area contributed by atoms with Crippen molar-refractivity contribution in [1.29, 1.82) is 0 Å². The Labute approximate surface area is 134 Å². The molecule has 0 unspecified atom stereocenters. The van der Waals surface area contributed by atoms with Crippen LogP contribution in [-0.2, 0) is 6.61 Å². The van der Waals surface area contributed by atoms with Gasteiger partial charge in [-0.05, 0) is 39.7 Å². The topological polar surface area (TPSA) is 78.7 Å². The number of carbonyl (C=O) groups excluding carboxylic acids is 1. The summed E-state index contributed by atoms with van der Waals surface area (Å²) in [5, 5.41) is 10.7. The number of rotatable bonds is 6. The van der Waals surface area contributed by atoms with Crippen LogP contribution in [0.2, 0.25) is 0 Å². The fraction of sp³-hybridized carbons (Fsp3) is 0.133. The highest BCUT2D eigenvalue weighted by atomic mass is 79.9. The van der Waals surface area contributed by atoms with Gasteiger partial charge in [0, 0.05) is 12.1 Å². The van der Waals surface area contributed by atoms with Crippen LogP contribution in [0.3, 0.4) is 0 Å². The van der Waals surface area contributed by atoms with Crippen LogP contribution >= 0.6 is 15.9 Å². The summed E-state index contributed by atoms with van der Waals surface area (Å²) in [6.07, 6.45) is 0.534. The summed E-state index contributed by atoms with van der Waals surface area (Å²) in [4.78, 5) is 21.2. The molecule has 0 N–H and O–H groups in total. The maximum Gasteiger partial charge on any atom is 0.270 e. The van der Waals surface area contributed by atoms with Gasteiger partial charge in [-0.25, -0.2) is 0 Å². The number of nitrogens with zero attached hydrogens (tertiary/aromatic N) is 1. The normalized spacial score (nSPS) is 10.1. The van der Waals surface area contributed by atoms with Crippen molar-refractivity contribution in [2.45, 2.75) is 6.61 Å². The van der Waals surface area contributed by atoms with Gasteiger partial charge in [-0.2, -0.15) is 0 Å². The van der Waals surface area contributed by atoms with Gasteiger partial charge in [0.25, 0.3) is 5.69 Å². The SMILES string of the molecule is COc1ccc(COc2ccc([N+](=O)[O-])cc2C=O)cc1Br. The van der Waals surface area contributed by atoms with E-state index in [1.54, 1.807) is 13.2 Å². The molecule has 0 radical (unpaired) electrons. The van der Waals surface area contributed by atoms with E-state index in [-0.39, 0.29) is 17.9 Å². The molecule has 0 fully saturated rings. The minimum Gasteiger partial charge on any atom is -0.496 e. The van der Waals surface area contributed by atoms with Gasteiger partial charge in [0.2, 0.25) is 0 Å². The fourth-order valence-corrected chi connectivity index (χ4v) is 2.42. The molecule has 114 valence electrons. The maximum absolute atomic E-state index is 11.0. The van der Waals surface area contributed by atoms with Crippen LogP contribution in [-0.4, -0.2) is 18.3 Å². The molecule has 22 heavy (non-hydrogen) atoms. The smallest absolute Gasteiger partial charge is 0.270 e. The van der Waals surface area contributed by atoms with E-state index >= 15 is 0 Å². The largest absolute Gasteiger partial charge is 0.496 e. The number of ether oxygens (including phenoxy) is 2. The van der Waals surface area contributed by atoms with Gasteiger partial charge in [-0.15, -0.1) is 0 Å². The molecule has 0 aromatic heterocycles. The number of nitro groups is 1. The van der Waals surface area contributed by atoms with Crippen molar-refractivity contribution in [1.82, 2.24) is 0 Å². The molecular formula is C15H12BrNO5. The molecule has 0 aliphatic rings. The van der Waals surface area contributed by atoms with Gasteiger partial charge in [0.05, 0.1) is 22.1 Å². The van der Waals surface area contributed by atoms with E-state index in [2.05, 4.69) is 15.9 Å². The molecule has 0 atom stereocenters. The van der Waals surface area contributed by atoms with E-state index in [0.29, 0.717) is 17.8 Å². The Morgan fingerprint density at radius 1 is 1.23 bits per heavy atom. The van der Waals surface area contributed by atoms with Gasteiger partial charge < -0.3 is 9.47 Å². The predicted molar refractivity (Wildman–Crippen MR) is 83.5 cm³/mol. The zero-order valence-corrected chi connectivity index (χ0v) is 13.2. The summed E-state index contributed by atoms with van der Waals surface area (Å²) in [6.45, 7) is 0.223. The summed E-state index contributed by atoms with van der Waals surface area (Å²) >= 11 is 3.38. The Balaban J connectivity index is 2.16. The minimum atomic E-state index is -0.558. The molecular weight excluding hydrogens is 354 g/mol. The summed E-state index contributed by atoms with van der Waals surface area (Å²) in [5.74, 6) is 1.00. The Hall–Kier alpha value is -2.41. The summed E-state index contributed by atoms with van der Waals surface area (Å²) in [6, 6.07) is 9.36. The molecule has 0 aliphatic carbocycles. The number of non-ortho nitro benzene ring substituents is 1. The zero-order valence-electron chi connectivity index (χ0n) is 11.6. The molecule has 0 saturated carbocycles. The minimum absolute atomic E-state index is 0.141. The second kappa shape index (κ2) is 7.04. The number of carbonyl (C=O) groups is 1. The fourth-order valence-electron chi connectivity index (χ4n) is 1.83. The van der Waals surface area contributed by atoms with E-state index in [9.17, 15) is 14.9 Å². The molecule has 0 bridgehead atoms. The third kappa shape index (κ3) is 3.62. The van der Waals surface area contributed by atoms with Crippen molar-refractivity contribution in [2.24, 2.45) is 0 Å². The van der Waals surface area contributed by atoms with E-state index in [4.69, 9.17) is 9.47 Å². The van der Waals surface area contributed by atoms with Crippen LogP contribution in [0.25, 0.3) is 0 Å². The predicted octanol–water partition coefficient (Wildman–Crippen LogP) is 3.76. The van der Waals surface area contributed by atoms with E-state index < -0.39 is 4.92 Å². The summed E-state index contributed by atoms with van der Waals surface area (Å²) in [7, 11) is 1.57. The number of benzene rings is 2. The lowest BCUT2D eigenvalue weighted by atomic mass is 10.2. The van der Waals surface area contributed by atoms with Crippen LogP contribution in [0.15, 0.2) is 40.9 Å². The number of aldehydes is 1. The van der Waals surface area contributed by atoms with Crippen molar-refractivity contribution in [3.63, 3.8) is 0 Å². The Morgan fingerprint density at radius 3 is 2.55 bits per heavy atom. The number of nitro benzene ring substituents is 1.